The average Bonchev–Trinajstić information content (AvgIpc) is 3.89. The van der Waals surface area contributed by atoms with Gasteiger partial charge in [-0.3, -0.25) is 23.6 Å². The normalized spacial score (nSPS) is 20.7. The van der Waals surface area contributed by atoms with Gasteiger partial charge in [0.2, 0.25) is 0 Å². The van der Waals surface area contributed by atoms with Crippen LogP contribution in [-0.4, -0.2) is 147 Å². The summed E-state index contributed by atoms with van der Waals surface area (Å²) in [6, 6.07) is 26.1. The van der Waals surface area contributed by atoms with Crippen molar-refractivity contribution in [1.29, 1.82) is 10.5 Å². The second-order valence-electron chi connectivity index (χ2n) is 20.0. The molecule has 9 rings (SSSR count). The lowest BCUT2D eigenvalue weighted by atomic mass is 9.96. The second kappa shape index (κ2) is 25.2. The van der Waals surface area contributed by atoms with E-state index in [0.717, 1.165) is 36.1 Å². The predicted octanol–water partition coefficient (Wildman–Crippen LogP) is 3.80. The van der Waals surface area contributed by atoms with Crippen molar-refractivity contribution < 1.29 is 37.0 Å². The Kier molecular flexibility index (Phi) is 17.9. The van der Waals surface area contributed by atoms with Crippen LogP contribution in [0.5, 0.6) is 0 Å². The van der Waals surface area contributed by atoms with E-state index in [1.54, 1.807) is 45.5 Å². The van der Waals surface area contributed by atoms with E-state index in [9.17, 15) is 29.7 Å². The van der Waals surface area contributed by atoms with Gasteiger partial charge in [0.1, 0.15) is 30.1 Å². The number of hydrogen-bond donors (Lipinski definition) is 4. The molecule has 4 aromatic carbocycles. The molecule has 4 N–H and O–H groups in total. The van der Waals surface area contributed by atoms with Crippen LogP contribution in [-0.2, 0) is 49.7 Å². The van der Waals surface area contributed by atoms with Crippen LogP contribution in [0.15, 0.2) is 97.3 Å². The quantitative estimate of drug-likeness (QED) is 0.102. The predicted molar refractivity (Wildman–Crippen MR) is 282 cm³/mol. The molecule has 0 aliphatic carbocycles. The highest BCUT2D eigenvalue weighted by Gasteiger charge is 2.32. The molecule has 0 radical (unpaired) electrons. The van der Waals surface area contributed by atoms with Crippen LogP contribution in [0.4, 0.5) is 4.39 Å². The first-order chi connectivity index (χ1) is 36.9. The Morgan fingerprint density at radius 3 is 1.99 bits per heavy atom. The number of carbonyl (C=O) groups is 2. The van der Waals surface area contributed by atoms with Gasteiger partial charge in [-0.05, 0) is 104 Å². The Bertz CT molecular complexity index is 3170. The first-order valence-corrected chi connectivity index (χ1v) is 26.1. The molecule has 400 valence electrons. The largest absolute Gasteiger partial charge is 0.419 e. The highest BCUT2D eigenvalue weighted by Crippen LogP contribution is 2.28. The van der Waals surface area contributed by atoms with Gasteiger partial charge in [-0.25, -0.2) is 14.0 Å². The van der Waals surface area contributed by atoms with Gasteiger partial charge < -0.3 is 49.2 Å². The number of aromatic nitrogens is 2. The first-order valence-electron chi connectivity index (χ1n) is 26.1. The number of carbonyl (C=O) groups excluding carboxylic acids is 2. The highest BCUT2D eigenvalue weighted by atomic mass is 19.1. The van der Waals surface area contributed by atoms with E-state index >= 15 is 4.39 Å². The Labute approximate surface area is 439 Å². The van der Waals surface area contributed by atoms with E-state index in [4.69, 9.17) is 23.0 Å². The SMILES string of the molecule is CN(C)CCn1c(=O)oc2ccc(-c3ccc(C[C@@H](C#N)NC(=O)[C@@H]4CNCC(C5CN(CCn6c(=O)oc7ccc(-c8ccc(C[C@@H](C#N)NC(=O)[C@@H]9CNCCCCO9)cc8)cc76)CCO5)CCO4)c(F)c3)cc21. The summed E-state index contributed by atoms with van der Waals surface area (Å²) < 4.78 is 48.0. The fourth-order valence-corrected chi connectivity index (χ4v) is 10.1. The van der Waals surface area contributed by atoms with Gasteiger partial charge in [-0.2, -0.15) is 10.5 Å². The van der Waals surface area contributed by atoms with E-state index in [0.29, 0.717) is 118 Å². The Morgan fingerprint density at radius 1 is 0.711 bits per heavy atom. The van der Waals surface area contributed by atoms with Crippen molar-refractivity contribution in [3.8, 4) is 34.4 Å². The van der Waals surface area contributed by atoms with Gasteiger partial charge in [0.15, 0.2) is 11.2 Å². The standard InChI is InChI=1S/C56H65FN10O9/c1-64(2)17-19-66-47-29-40(12-14-49(47)75-55(66)70)38-9-10-41(45(57)27-38)26-44(31-59)63-54(69)51-34-61-32-42(15-23-73-51)52-35-65(21-24-74-52)18-20-67-46-28-39(11-13-48(46)76-56(67)71)37-7-5-36(6-8-37)25-43(30-58)62-53(68)50-33-60-16-3-4-22-72-50/h5-14,27-29,42-44,50-52,60-61H,3-4,15-26,32-35H2,1-2H3,(H,62,68)(H,63,69)/t42?,43-,44-,50-,51-,52?/m0/s1. The monoisotopic (exact) mass is 1040 g/mol. The van der Waals surface area contributed by atoms with E-state index in [2.05, 4.69) is 38.3 Å². The third-order valence-corrected chi connectivity index (χ3v) is 14.5. The number of halogens is 1. The molecule has 19 nitrogen and oxygen atoms in total. The number of nitriles is 2. The highest BCUT2D eigenvalue weighted by molar-refractivity contribution is 5.83. The van der Waals surface area contributed by atoms with Gasteiger partial charge in [0.05, 0.1) is 35.9 Å². The number of morpholine rings is 1. The van der Waals surface area contributed by atoms with Crippen molar-refractivity contribution in [2.75, 3.05) is 86.3 Å². The molecule has 3 aliphatic rings. The zero-order chi connectivity index (χ0) is 53.1. The summed E-state index contributed by atoms with van der Waals surface area (Å²) in [6.07, 6.45) is 1.16. The summed E-state index contributed by atoms with van der Waals surface area (Å²) in [7, 11) is 3.84. The van der Waals surface area contributed by atoms with Crippen LogP contribution >= 0.6 is 0 Å². The number of benzene rings is 4. The van der Waals surface area contributed by atoms with Crippen LogP contribution in [0.1, 0.15) is 30.4 Å². The number of nitrogens with one attached hydrogen (secondary N) is 4. The average molecular weight is 1040 g/mol. The van der Waals surface area contributed by atoms with Crippen molar-refractivity contribution in [3.05, 3.63) is 117 Å². The number of amides is 2. The Morgan fingerprint density at radius 2 is 1.32 bits per heavy atom. The van der Waals surface area contributed by atoms with Crippen LogP contribution in [0.2, 0.25) is 0 Å². The molecule has 76 heavy (non-hydrogen) atoms. The maximum absolute atomic E-state index is 15.6. The van der Waals surface area contributed by atoms with Gasteiger partial charge in [0.25, 0.3) is 11.8 Å². The minimum absolute atomic E-state index is 0.0508. The van der Waals surface area contributed by atoms with Crippen molar-refractivity contribution >= 4 is 34.0 Å². The topological polar surface area (TPSA) is 234 Å². The number of oxazole rings is 2. The molecule has 3 saturated heterocycles. The maximum atomic E-state index is 15.6. The van der Waals surface area contributed by atoms with Crippen LogP contribution in [0, 0.1) is 34.4 Å². The summed E-state index contributed by atoms with van der Waals surface area (Å²) in [4.78, 5) is 56.3. The summed E-state index contributed by atoms with van der Waals surface area (Å²) >= 11 is 0. The minimum Gasteiger partial charge on any atom is -0.408 e. The molecule has 0 spiro atoms. The molecule has 2 unspecified atom stereocenters. The molecular formula is C56H65FN10O9. The molecule has 20 heteroatoms. The molecule has 2 amide bonds. The number of rotatable bonds is 17. The lowest BCUT2D eigenvalue weighted by molar-refractivity contribution is -0.135. The molecule has 2 aromatic heterocycles. The number of hydrogen-bond acceptors (Lipinski definition) is 15. The molecule has 6 atom stereocenters. The minimum atomic E-state index is -1.01. The van der Waals surface area contributed by atoms with Gasteiger partial charge >= 0.3 is 11.5 Å². The van der Waals surface area contributed by atoms with Crippen LogP contribution < -0.4 is 32.8 Å². The van der Waals surface area contributed by atoms with Crippen molar-refractivity contribution in [2.24, 2.45) is 5.92 Å². The number of nitrogens with zero attached hydrogens (tertiary/aromatic N) is 6. The lowest BCUT2D eigenvalue weighted by Crippen LogP contribution is -2.52. The third-order valence-electron chi connectivity index (χ3n) is 14.5. The lowest BCUT2D eigenvalue weighted by Gasteiger charge is -2.38. The molecule has 0 bridgehead atoms. The molecule has 0 saturated carbocycles. The van der Waals surface area contributed by atoms with Crippen molar-refractivity contribution in [3.63, 3.8) is 0 Å². The van der Waals surface area contributed by atoms with Crippen molar-refractivity contribution in [2.45, 2.75) is 75.6 Å². The zero-order valence-corrected chi connectivity index (χ0v) is 42.9. The van der Waals surface area contributed by atoms with Gasteiger partial charge in [-0.1, -0.05) is 48.5 Å². The van der Waals surface area contributed by atoms with E-state index in [1.165, 1.54) is 6.07 Å². The smallest absolute Gasteiger partial charge is 0.408 e. The Hall–Kier alpha value is -7.01. The third kappa shape index (κ3) is 13.3. The van der Waals surface area contributed by atoms with Gasteiger partial charge in [-0.15, -0.1) is 0 Å². The summed E-state index contributed by atoms with van der Waals surface area (Å²) in [5.74, 6) is -2.10. The summed E-state index contributed by atoms with van der Waals surface area (Å²) in [5, 5.41) is 32.0. The first kappa shape index (κ1) is 53.8. The fourth-order valence-electron chi connectivity index (χ4n) is 10.1. The number of likely N-dealkylation sites (N-methyl/N-ethyl adjacent to an activating group) is 1. The molecular weight excluding hydrogens is 976 g/mol. The second-order valence-corrected chi connectivity index (χ2v) is 20.0. The maximum Gasteiger partial charge on any atom is 0.419 e. The van der Waals surface area contributed by atoms with E-state index in [-0.39, 0.29) is 36.5 Å². The zero-order valence-electron chi connectivity index (χ0n) is 42.9. The van der Waals surface area contributed by atoms with E-state index in [1.807, 2.05) is 55.4 Å². The number of ether oxygens (including phenoxy) is 3. The fraction of sp³-hybridized carbons (Fsp3) is 0.464. The number of fused-ring (bicyclic) bond motifs is 2. The summed E-state index contributed by atoms with van der Waals surface area (Å²) in [5.41, 5.74) is 6.50. The molecule has 3 fully saturated rings. The van der Waals surface area contributed by atoms with Gasteiger partial charge in [0, 0.05) is 90.9 Å². The van der Waals surface area contributed by atoms with Crippen molar-refractivity contribution in [1.82, 2.24) is 40.2 Å². The Balaban J connectivity index is 0.740. The molecule has 3 aliphatic heterocycles. The summed E-state index contributed by atoms with van der Waals surface area (Å²) in [6.45, 7) is 6.74. The molecule has 6 aromatic rings. The van der Waals surface area contributed by atoms with Crippen LogP contribution in [0.25, 0.3) is 44.5 Å². The van der Waals surface area contributed by atoms with E-state index < -0.39 is 47.5 Å². The van der Waals surface area contributed by atoms with Crippen LogP contribution in [0.3, 0.4) is 0 Å². The molecule has 5 heterocycles.